The predicted octanol–water partition coefficient (Wildman–Crippen LogP) is 2.35. The number of hydrogen-bond acceptors (Lipinski definition) is 3. The first-order valence-corrected chi connectivity index (χ1v) is 8.74. The molecule has 130 valence electrons. The first-order valence-electron chi connectivity index (χ1n) is 8.74. The van der Waals surface area contributed by atoms with Crippen LogP contribution in [0.4, 0.5) is 0 Å². The van der Waals surface area contributed by atoms with Crippen LogP contribution in [0.25, 0.3) is 5.69 Å². The molecule has 0 saturated heterocycles. The minimum absolute atomic E-state index is 0.0136. The summed E-state index contributed by atoms with van der Waals surface area (Å²) in [6.07, 6.45) is 6.63. The predicted molar refractivity (Wildman–Crippen MR) is 91.3 cm³/mol. The zero-order valence-electron chi connectivity index (χ0n) is 13.8. The third-order valence-corrected chi connectivity index (χ3v) is 5.09. The van der Waals surface area contributed by atoms with Crippen molar-refractivity contribution in [2.75, 3.05) is 0 Å². The highest BCUT2D eigenvalue weighted by molar-refractivity contribution is 5.83. The minimum Gasteiger partial charge on any atom is -0.481 e. The van der Waals surface area contributed by atoms with Gasteiger partial charge in [0.1, 0.15) is 0 Å². The first-order chi connectivity index (χ1) is 12.1. The lowest BCUT2D eigenvalue weighted by Crippen LogP contribution is -2.39. The van der Waals surface area contributed by atoms with Crippen LogP contribution < -0.4 is 5.32 Å². The van der Waals surface area contributed by atoms with Crippen molar-refractivity contribution in [3.05, 3.63) is 48.3 Å². The standard InChI is InChI=1S/C19H21N3O3/c23-18(24)9-17(12-6-7-12)21-19(25)16-8-15(16)13-10-20-22(11-13)14-4-2-1-3-5-14/h1-5,10-12,15-17H,6-9H2,(H,21,25)(H,23,24)/t15-,16+,17+/m0/s1. The van der Waals surface area contributed by atoms with E-state index in [2.05, 4.69) is 10.4 Å². The van der Waals surface area contributed by atoms with Crippen molar-refractivity contribution in [2.45, 2.75) is 37.6 Å². The van der Waals surface area contributed by atoms with E-state index in [1.807, 2.05) is 47.4 Å². The number of benzene rings is 1. The van der Waals surface area contributed by atoms with Gasteiger partial charge in [-0.05, 0) is 48.8 Å². The molecule has 6 heteroatoms. The van der Waals surface area contributed by atoms with E-state index in [9.17, 15) is 9.59 Å². The number of nitrogens with zero attached hydrogens (tertiary/aromatic N) is 2. The van der Waals surface area contributed by atoms with Crippen LogP contribution in [0.5, 0.6) is 0 Å². The van der Waals surface area contributed by atoms with Gasteiger partial charge >= 0.3 is 5.97 Å². The molecule has 6 nitrogen and oxygen atoms in total. The van der Waals surface area contributed by atoms with E-state index in [-0.39, 0.29) is 30.2 Å². The lowest BCUT2D eigenvalue weighted by Gasteiger charge is -2.16. The maximum Gasteiger partial charge on any atom is 0.305 e. The number of aromatic nitrogens is 2. The second kappa shape index (κ2) is 6.35. The number of carbonyl (C=O) groups excluding carboxylic acids is 1. The number of carboxylic acids is 1. The fourth-order valence-corrected chi connectivity index (χ4v) is 3.42. The van der Waals surface area contributed by atoms with Crippen LogP contribution >= 0.6 is 0 Å². The quantitative estimate of drug-likeness (QED) is 0.811. The summed E-state index contributed by atoms with van der Waals surface area (Å²) in [5.41, 5.74) is 2.05. The van der Waals surface area contributed by atoms with Gasteiger partial charge in [-0.3, -0.25) is 9.59 Å². The van der Waals surface area contributed by atoms with Crippen molar-refractivity contribution in [1.82, 2.24) is 15.1 Å². The molecule has 3 atom stereocenters. The Morgan fingerprint density at radius 3 is 2.72 bits per heavy atom. The maximum atomic E-state index is 12.5. The number of rotatable bonds is 7. The monoisotopic (exact) mass is 339 g/mol. The molecule has 1 amide bonds. The zero-order valence-corrected chi connectivity index (χ0v) is 13.8. The fraction of sp³-hybridized carbons (Fsp3) is 0.421. The van der Waals surface area contributed by atoms with Gasteiger partial charge in [-0.1, -0.05) is 18.2 Å². The average molecular weight is 339 g/mol. The highest BCUT2D eigenvalue weighted by Gasteiger charge is 2.46. The van der Waals surface area contributed by atoms with Crippen LogP contribution in [0, 0.1) is 11.8 Å². The molecule has 2 N–H and O–H groups in total. The average Bonchev–Trinajstić information content (AvgIpc) is 3.52. The smallest absolute Gasteiger partial charge is 0.305 e. The molecule has 2 aromatic rings. The summed E-state index contributed by atoms with van der Waals surface area (Å²) >= 11 is 0. The number of para-hydroxylation sites is 1. The van der Waals surface area contributed by atoms with Crippen molar-refractivity contribution in [1.29, 1.82) is 0 Å². The molecule has 1 heterocycles. The molecule has 1 aromatic heterocycles. The number of aliphatic carboxylic acids is 1. The van der Waals surface area contributed by atoms with E-state index in [4.69, 9.17) is 5.11 Å². The van der Waals surface area contributed by atoms with E-state index >= 15 is 0 Å². The summed E-state index contributed by atoms with van der Waals surface area (Å²) < 4.78 is 1.82. The van der Waals surface area contributed by atoms with E-state index in [1.165, 1.54) is 0 Å². The van der Waals surface area contributed by atoms with Gasteiger partial charge in [0, 0.05) is 18.2 Å². The second-order valence-electron chi connectivity index (χ2n) is 7.05. The van der Waals surface area contributed by atoms with Gasteiger partial charge in [-0.2, -0.15) is 5.10 Å². The van der Waals surface area contributed by atoms with Gasteiger partial charge < -0.3 is 10.4 Å². The van der Waals surface area contributed by atoms with E-state index < -0.39 is 5.97 Å². The lowest BCUT2D eigenvalue weighted by atomic mass is 10.1. The molecule has 2 saturated carbocycles. The lowest BCUT2D eigenvalue weighted by molar-refractivity contribution is -0.138. The Hall–Kier alpha value is -2.63. The van der Waals surface area contributed by atoms with Gasteiger partial charge in [0.15, 0.2) is 0 Å². The summed E-state index contributed by atoms with van der Waals surface area (Å²) in [6.45, 7) is 0. The normalized spacial score (nSPS) is 23.0. The van der Waals surface area contributed by atoms with Gasteiger partial charge in [0.2, 0.25) is 5.91 Å². The molecule has 0 unspecified atom stereocenters. The van der Waals surface area contributed by atoms with Crippen molar-refractivity contribution in [3.8, 4) is 5.69 Å². The Bertz CT molecular complexity index is 782. The molecule has 0 aliphatic heterocycles. The van der Waals surface area contributed by atoms with E-state index in [0.29, 0.717) is 5.92 Å². The fourth-order valence-electron chi connectivity index (χ4n) is 3.42. The molecule has 2 aliphatic rings. The van der Waals surface area contributed by atoms with Gasteiger partial charge in [-0.15, -0.1) is 0 Å². The van der Waals surface area contributed by atoms with Crippen LogP contribution in [0.15, 0.2) is 42.7 Å². The van der Waals surface area contributed by atoms with Gasteiger partial charge in [0.05, 0.1) is 18.3 Å². The molecule has 2 fully saturated rings. The van der Waals surface area contributed by atoms with Crippen LogP contribution in [0.1, 0.15) is 37.2 Å². The third-order valence-electron chi connectivity index (χ3n) is 5.09. The summed E-state index contributed by atoms with van der Waals surface area (Å²) in [5, 5.41) is 16.4. The number of carbonyl (C=O) groups is 2. The molecule has 0 bridgehead atoms. The number of nitrogens with one attached hydrogen (secondary N) is 1. The topological polar surface area (TPSA) is 84.2 Å². The highest BCUT2D eigenvalue weighted by atomic mass is 16.4. The molecule has 0 radical (unpaired) electrons. The second-order valence-corrected chi connectivity index (χ2v) is 7.05. The Labute approximate surface area is 145 Å². The molecular formula is C19H21N3O3. The minimum atomic E-state index is -0.853. The molecule has 0 spiro atoms. The first kappa shape index (κ1) is 15.9. The van der Waals surface area contributed by atoms with Crippen molar-refractivity contribution < 1.29 is 14.7 Å². The molecule has 25 heavy (non-hydrogen) atoms. The third kappa shape index (κ3) is 3.57. The number of carboxylic acid groups (broad SMARTS) is 1. The molecular weight excluding hydrogens is 318 g/mol. The van der Waals surface area contributed by atoms with Crippen molar-refractivity contribution >= 4 is 11.9 Å². The summed E-state index contributed by atoms with van der Waals surface area (Å²) in [6, 6.07) is 9.63. The van der Waals surface area contributed by atoms with Crippen molar-refractivity contribution in [2.24, 2.45) is 11.8 Å². The zero-order chi connectivity index (χ0) is 17.4. The molecule has 1 aromatic carbocycles. The van der Waals surface area contributed by atoms with Crippen LogP contribution in [-0.4, -0.2) is 32.8 Å². The van der Waals surface area contributed by atoms with Crippen LogP contribution in [0.3, 0.4) is 0 Å². The van der Waals surface area contributed by atoms with Crippen LogP contribution in [0.2, 0.25) is 0 Å². The summed E-state index contributed by atoms with van der Waals surface area (Å²) in [4.78, 5) is 23.4. The summed E-state index contributed by atoms with van der Waals surface area (Å²) in [7, 11) is 0. The largest absolute Gasteiger partial charge is 0.481 e. The van der Waals surface area contributed by atoms with E-state index in [1.54, 1.807) is 0 Å². The van der Waals surface area contributed by atoms with Crippen molar-refractivity contribution in [3.63, 3.8) is 0 Å². The number of amides is 1. The Kier molecular flexibility index (Phi) is 4.03. The molecule has 4 rings (SSSR count). The Morgan fingerprint density at radius 2 is 2.04 bits per heavy atom. The van der Waals surface area contributed by atoms with E-state index in [0.717, 1.165) is 30.5 Å². The highest BCUT2D eigenvalue weighted by Crippen LogP contribution is 2.48. The SMILES string of the molecule is O=C(O)C[C@@H](NC(=O)[C@@H]1C[C@H]1c1cnn(-c2ccccc2)c1)C1CC1. The van der Waals surface area contributed by atoms with Gasteiger partial charge in [0.25, 0.3) is 0 Å². The maximum absolute atomic E-state index is 12.5. The summed E-state index contributed by atoms with van der Waals surface area (Å²) in [5.74, 6) is -0.423. The molecule has 2 aliphatic carbocycles. The van der Waals surface area contributed by atoms with Crippen LogP contribution in [-0.2, 0) is 9.59 Å². The number of hydrogen-bond donors (Lipinski definition) is 2. The van der Waals surface area contributed by atoms with Gasteiger partial charge in [-0.25, -0.2) is 4.68 Å². The Balaban J connectivity index is 1.38. The Morgan fingerprint density at radius 1 is 1.28 bits per heavy atom.